The number of amides is 1. The third kappa shape index (κ3) is 4.56. The lowest BCUT2D eigenvalue weighted by atomic mass is 10.0. The molecule has 3 aromatic rings. The van der Waals surface area contributed by atoms with Crippen LogP contribution in [0.1, 0.15) is 16.7 Å². The van der Waals surface area contributed by atoms with E-state index in [2.05, 4.69) is 5.32 Å². The standard InChI is InChI=1S/C21H21ClN2O3/c1-13-8-16-15(10-21(26)27-19(16)9-14(13)2)11-24(3)12-20(25)23-18-7-5-4-6-17(18)22/h4-10H,11-12H2,1-3H3,(H,23,25)/p+1. The van der Waals surface area contributed by atoms with Crippen LogP contribution in [0.5, 0.6) is 0 Å². The molecule has 1 atom stereocenters. The third-order valence-corrected chi connectivity index (χ3v) is 4.88. The van der Waals surface area contributed by atoms with Crippen molar-refractivity contribution in [2.24, 2.45) is 0 Å². The molecule has 3 rings (SSSR count). The summed E-state index contributed by atoms with van der Waals surface area (Å²) < 4.78 is 5.33. The first-order valence-corrected chi connectivity index (χ1v) is 9.11. The van der Waals surface area contributed by atoms with Gasteiger partial charge in [-0.05, 0) is 49.2 Å². The second kappa shape index (κ2) is 7.94. The topological polar surface area (TPSA) is 63.8 Å². The van der Waals surface area contributed by atoms with Gasteiger partial charge in [-0.25, -0.2) is 4.79 Å². The number of anilines is 1. The first-order chi connectivity index (χ1) is 12.8. The lowest BCUT2D eigenvalue weighted by Gasteiger charge is -2.15. The van der Waals surface area contributed by atoms with Crippen LogP contribution in [0.4, 0.5) is 5.69 Å². The molecular formula is C21H22ClN2O3+. The van der Waals surface area contributed by atoms with Gasteiger partial charge in [-0.3, -0.25) is 4.79 Å². The van der Waals surface area contributed by atoms with Crippen molar-refractivity contribution in [1.29, 1.82) is 0 Å². The van der Waals surface area contributed by atoms with E-state index < -0.39 is 0 Å². The number of aryl methyl sites for hydroxylation is 2. The van der Waals surface area contributed by atoms with Gasteiger partial charge in [0.05, 0.1) is 17.8 Å². The summed E-state index contributed by atoms with van der Waals surface area (Å²) in [5.41, 5.74) is 3.86. The van der Waals surface area contributed by atoms with Gasteiger partial charge in [0.15, 0.2) is 6.54 Å². The SMILES string of the molecule is Cc1cc2oc(=O)cc(C[NH+](C)CC(=O)Nc3ccccc3Cl)c2cc1C. The van der Waals surface area contributed by atoms with E-state index in [0.29, 0.717) is 22.8 Å². The van der Waals surface area contributed by atoms with Crippen molar-refractivity contribution in [3.63, 3.8) is 0 Å². The summed E-state index contributed by atoms with van der Waals surface area (Å²) in [5.74, 6) is -0.139. The lowest BCUT2D eigenvalue weighted by molar-refractivity contribution is -0.885. The van der Waals surface area contributed by atoms with Gasteiger partial charge in [-0.15, -0.1) is 0 Å². The summed E-state index contributed by atoms with van der Waals surface area (Å²) in [6.07, 6.45) is 0. The van der Waals surface area contributed by atoms with Crippen molar-refractivity contribution >= 4 is 34.2 Å². The summed E-state index contributed by atoms with van der Waals surface area (Å²) in [5, 5.41) is 4.23. The van der Waals surface area contributed by atoms with Crippen LogP contribution in [0.2, 0.25) is 5.02 Å². The van der Waals surface area contributed by atoms with Crippen LogP contribution in [-0.2, 0) is 11.3 Å². The van der Waals surface area contributed by atoms with Crippen LogP contribution in [0.3, 0.4) is 0 Å². The number of likely N-dealkylation sites (N-methyl/N-ethyl adjacent to an activating group) is 1. The highest BCUT2D eigenvalue weighted by molar-refractivity contribution is 6.33. The number of nitrogens with one attached hydrogen (secondary N) is 2. The normalized spacial score (nSPS) is 12.1. The van der Waals surface area contributed by atoms with Crippen molar-refractivity contribution in [3.05, 3.63) is 74.6 Å². The maximum Gasteiger partial charge on any atom is 0.336 e. The minimum Gasteiger partial charge on any atom is -0.423 e. The quantitative estimate of drug-likeness (QED) is 0.664. The van der Waals surface area contributed by atoms with E-state index in [4.69, 9.17) is 16.0 Å². The number of rotatable bonds is 5. The molecule has 5 nitrogen and oxygen atoms in total. The summed E-state index contributed by atoms with van der Waals surface area (Å²) in [7, 11) is 1.91. The van der Waals surface area contributed by atoms with Crippen LogP contribution >= 0.6 is 11.6 Å². The van der Waals surface area contributed by atoms with E-state index in [1.54, 1.807) is 12.1 Å². The Hall–Kier alpha value is -2.63. The van der Waals surface area contributed by atoms with E-state index >= 15 is 0 Å². The molecule has 0 saturated heterocycles. The second-order valence-corrected chi connectivity index (χ2v) is 7.27. The molecule has 0 aliphatic heterocycles. The number of hydrogen-bond donors (Lipinski definition) is 2. The molecule has 2 aromatic carbocycles. The fourth-order valence-electron chi connectivity index (χ4n) is 3.05. The number of halogens is 1. The Kier molecular flexibility index (Phi) is 5.63. The monoisotopic (exact) mass is 385 g/mol. The van der Waals surface area contributed by atoms with Gasteiger partial charge in [0.1, 0.15) is 12.1 Å². The van der Waals surface area contributed by atoms with Crippen molar-refractivity contribution in [2.75, 3.05) is 18.9 Å². The average Bonchev–Trinajstić information content (AvgIpc) is 2.58. The predicted molar refractivity (Wildman–Crippen MR) is 107 cm³/mol. The molecule has 0 bridgehead atoms. The van der Waals surface area contributed by atoms with Crippen molar-refractivity contribution in [2.45, 2.75) is 20.4 Å². The third-order valence-electron chi connectivity index (χ3n) is 4.55. The molecule has 140 valence electrons. The molecule has 0 saturated carbocycles. The minimum absolute atomic E-state index is 0.139. The van der Waals surface area contributed by atoms with Crippen molar-refractivity contribution < 1.29 is 14.1 Å². The molecule has 0 radical (unpaired) electrons. The Morgan fingerprint density at radius 2 is 1.85 bits per heavy atom. The van der Waals surface area contributed by atoms with E-state index in [9.17, 15) is 9.59 Å². The fraction of sp³-hybridized carbons (Fsp3) is 0.238. The number of carbonyl (C=O) groups excluding carboxylic acids is 1. The first kappa shape index (κ1) is 19.1. The Balaban J connectivity index is 1.77. The Labute approximate surface area is 162 Å². The van der Waals surface area contributed by atoms with Crippen LogP contribution in [-0.4, -0.2) is 19.5 Å². The molecule has 6 heteroatoms. The maximum atomic E-state index is 12.3. The van der Waals surface area contributed by atoms with E-state index in [-0.39, 0.29) is 18.1 Å². The van der Waals surface area contributed by atoms with Crippen molar-refractivity contribution in [1.82, 2.24) is 0 Å². The second-order valence-electron chi connectivity index (χ2n) is 6.86. The van der Waals surface area contributed by atoms with Gasteiger partial charge in [-0.1, -0.05) is 23.7 Å². The summed E-state index contributed by atoms with van der Waals surface area (Å²) in [6, 6.07) is 12.5. The largest absolute Gasteiger partial charge is 0.423 e. The number of carbonyl (C=O) groups is 1. The predicted octanol–water partition coefficient (Wildman–Crippen LogP) is 2.72. The number of benzene rings is 2. The number of quaternary nitrogens is 1. The van der Waals surface area contributed by atoms with Crippen LogP contribution in [0.25, 0.3) is 11.0 Å². The smallest absolute Gasteiger partial charge is 0.336 e. The molecule has 0 fully saturated rings. The van der Waals surface area contributed by atoms with Gasteiger partial charge in [-0.2, -0.15) is 0 Å². The summed E-state index contributed by atoms with van der Waals surface area (Å²) >= 11 is 6.08. The van der Waals surface area contributed by atoms with Gasteiger partial charge >= 0.3 is 5.63 Å². The molecule has 2 N–H and O–H groups in total. The molecule has 0 spiro atoms. The highest BCUT2D eigenvalue weighted by Gasteiger charge is 2.15. The number of hydrogen-bond acceptors (Lipinski definition) is 3. The highest BCUT2D eigenvalue weighted by Crippen LogP contribution is 2.21. The van der Waals surface area contributed by atoms with E-state index in [0.717, 1.165) is 27.0 Å². The van der Waals surface area contributed by atoms with Crippen molar-refractivity contribution in [3.8, 4) is 0 Å². The molecule has 0 aliphatic rings. The molecule has 1 heterocycles. The van der Waals surface area contributed by atoms with Crippen LogP contribution in [0, 0.1) is 13.8 Å². The van der Waals surface area contributed by atoms with Crippen LogP contribution < -0.4 is 15.8 Å². The number of para-hydroxylation sites is 1. The molecule has 0 aliphatic carbocycles. The van der Waals surface area contributed by atoms with Gasteiger partial charge < -0.3 is 14.6 Å². The van der Waals surface area contributed by atoms with Crippen LogP contribution in [0.15, 0.2) is 51.7 Å². The molecule has 1 amide bonds. The molecule has 1 aromatic heterocycles. The molecule has 1 unspecified atom stereocenters. The van der Waals surface area contributed by atoms with Gasteiger partial charge in [0.2, 0.25) is 0 Å². The zero-order chi connectivity index (χ0) is 19.6. The van der Waals surface area contributed by atoms with E-state index in [1.807, 2.05) is 45.2 Å². The number of fused-ring (bicyclic) bond motifs is 1. The highest BCUT2D eigenvalue weighted by atomic mass is 35.5. The lowest BCUT2D eigenvalue weighted by Crippen LogP contribution is -3.08. The van der Waals surface area contributed by atoms with Gasteiger partial charge in [0, 0.05) is 17.0 Å². The summed E-state index contributed by atoms with van der Waals surface area (Å²) in [4.78, 5) is 25.2. The maximum absolute atomic E-state index is 12.3. The first-order valence-electron chi connectivity index (χ1n) is 8.73. The molecule has 27 heavy (non-hydrogen) atoms. The zero-order valence-electron chi connectivity index (χ0n) is 15.6. The molecular weight excluding hydrogens is 364 g/mol. The Morgan fingerprint density at radius 3 is 2.59 bits per heavy atom. The van der Waals surface area contributed by atoms with Gasteiger partial charge in [0.25, 0.3) is 5.91 Å². The Bertz CT molecular complexity index is 1060. The van der Waals surface area contributed by atoms with E-state index in [1.165, 1.54) is 6.07 Å². The Morgan fingerprint density at radius 1 is 1.15 bits per heavy atom. The summed E-state index contributed by atoms with van der Waals surface area (Å²) in [6.45, 7) is 4.79. The minimum atomic E-state index is -0.380. The average molecular weight is 386 g/mol. The fourth-order valence-corrected chi connectivity index (χ4v) is 3.23. The zero-order valence-corrected chi connectivity index (χ0v) is 16.3.